The second-order valence-electron chi connectivity index (χ2n) is 5.45. The molecule has 2 aromatic carbocycles. The van der Waals surface area contributed by atoms with E-state index in [4.69, 9.17) is 0 Å². The topological polar surface area (TPSA) is 15.3 Å². The van der Waals surface area contributed by atoms with Crippen molar-refractivity contribution in [2.75, 3.05) is 19.0 Å². The van der Waals surface area contributed by atoms with E-state index in [1.54, 1.807) is 0 Å². The van der Waals surface area contributed by atoms with Crippen LogP contribution in [0.4, 0.5) is 5.69 Å². The minimum Gasteiger partial charge on any atom is -0.370 e. The predicted molar refractivity (Wildman–Crippen MR) is 87.2 cm³/mol. The first-order chi connectivity index (χ1) is 9.61. The van der Waals surface area contributed by atoms with E-state index in [1.165, 1.54) is 27.9 Å². The molecular weight excluding hydrogens is 244 g/mol. The normalized spacial score (nSPS) is 10.6. The van der Waals surface area contributed by atoms with Crippen LogP contribution >= 0.6 is 0 Å². The maximum atomic E-state index is 3.24. The van der Waals surface area contributed by atoms with Crippen molar-refractivity contribution in [3.05, 3.63) is 64.7 Å². The van der Waals surface area contributed by atoms with Crippen LogP contribution in [0.25, 0.3) is 0 Å². The fourth-order valence-corrected chi connectivity index (χ4v) is 2.65. The van der Waals surface area contributed by atoms with Crippen LogP contribution in [0.5, 0.6) is 0 Å². The first-order valence-corrected chi connectivity index (χ1v) is 7.11. The van der Waals surface area contributed by atoms with Gasteiger partial charge >= 0.3 is 0 Å². The highest BCUT2D eigenvalue weighted by atomic mass is 15.1. The van der Waals surface area contributed by atoms with Gasteiger partial charge < -0.3 is 10.2 Å². The second kappa shape index (κ2) is 6.58. The lowest BCUT2D eigenvalue weighted by molar-refractivity contribution is 0.795. The molecule has 0 radical (unpaired) electrons. The molecule has 0 saturated carbocycles. The van der Waals surface area contributed by atoms with Gasteiger partial charge in [-0.15, -0.1) is 0 Å². The molecule has 0 unspecified atom stereocenters. The van der Waals surface area contributed by atoms with Gasteiger partial charge in [-0.25, -0.2) is 0 Å². The monoisotopic (exact) mass is 268 g/mol. The Bertz CT molecular complexity index is 575. The highest BCUT2D eigenvalue weighted by Gasteiger charge is 2.08. The molecule has 0 fully saturated rings. The number of hydrogen-bond acceptors (Lipinski definition) is 2. The molecule has 0 atom stereocenters. The van der Waals surface area contributed by atoms with Crippen LogP contribution in [-0.2, 0) is 13.1 Å². The zero-order valence-electron chi connectivity index (χ0n) is 12.9. The zero-order valence-corrected chi connectivity index (χ0v) is 12.9. The van der Waals surface area contributed by atoms with Crippen molar-refractivity contribution >= 4 is 5.69 Å². The van der Waals surface area contributed by atoms with Crippen molar-refractivity contribution in [2.24, 2.45) is 0 Å². The molecule has 2 rings (SSSR count). The van der Waals surface area contributed by atoms with Crippen molar-refractivity contribution < 1.29 is 0 Å². The van der Waals surface area contributed by atoms with Crippen LogP contribution < -0.4 is 10.2 Å². The number of anilines is 1. The average Bonchev–Trinajstić information content (AvgIpc) is 2.41. The molecule has 0 aliphatic carbocycles. The predicted octanol–water partition coefficient (Wildman–Crippen LogP) is 3.66. The first kappa shape index (κ1) is 14.6. The summed E-state index contributed by atoms with van der Waals surface area (Å²) in [5.74, 6) is 0. The van der Waals surface area contributed by atoms with E-state index in [0.29, 0.717) is 0 Å². The van der Waals surface area contributed by atoms with Gasteiger partial charge in [-0.1, -0.05) is 42.0 Å². The summed E-state index contributed by atoms with van der Waals surface area (Å²) in [4.78, 5) is 2.32. The fraction of sp³-hybridized carbons (Fsp3) is 0.333. The number of aryl methyl sites for hydroxylation is 2. The summed E-state index contributed by atoms with van der Waals surface area (Å²) in [7, 11) is 4.15. The van der Waals surface area contributed by atoms with Crippen LogP contribution in [0.2, 0.25) is 0 Å². The summed E-state index contributed by atoms with van der Waals surface area (Å²) >= 11 is 0. The molecule has 0 heterocycles. The summed E-state index contributed by atoms with van der Waals surface area (Å²) in [6, 6.07) is 15.3. The van der Waals surface area contributed by atoms with E-state index >= 15 is 0 Å². The fourth-order valence-electron chi connectivity index (χ4n) is 2.65. The highest BCUT2D eigenvalue weighted by Crippen LogP contribution is 2.22. The number of benzene rings is 2. The average molecular weight is 268 g/mol. The number of nitrogens with zero attached hydrogens (tertiary/aromatic N) is 1. The van der Waals surface area contributed by atoms with Crippen molar-refractivity contribution in [1.29, 1.82) is 0 Å². The Labute approximate surface area is 122 Å². The van der Waals surface area contributed by atoms with Crippen LogP contribution in [0.3, 0.4) is 0 Å². The van der Waals surface area contributed by atoms with Gasteiger partial charge in [0, 0.05) is 25.8 Å². The van der Waals surface area contributed by atoms with E-state index in [2.05, 4.69) is 73.6 Å². The molecule has 0 spiro atoms. The van der Waals surface area contributed by atoms with Crippen molar-refractivity contribution in [3.63, 3.8) is 0 Å². The Morgan fingerprint density at radius 2 is 1.70 bits per heavy atom. The maximum Gasteiger partial charge on any atom is 0.0429 e. The van der Waals surface area contributed by atoms with Gasteiger partial charge in [-0.3, -0.25) is 0 Å². The molecule has 0 aliphatic rings. The zero-order chi connectivity index (χ0) is 14.5. The second-order valence-corrected chi connectivity index (χ2v) is 5.45. The Morgan fingerprint density at radius 1 is 1.00 bits per heavy atom. The Hall–Kier alpha value is -1.80. The van der Waals surface area contributed by atoms with Crippen molar-refractivity contribution in [2.45, 2.75) is 26.9 Å². The molecule has 0 bridgehead atoms. The van der Waals surface area contributed by atoms with Crippen LogP contribution in [-0.4, -0.2) is 14.1 Å². The van der Waals surface area contributed by atoms with Gasteiger partial charge in [0.15, 0.2) is 0 Å². The lowest BCUT2D eigenvalue weighted by Crippen LogP contribution is -2.19. The quantitative estimate of drug-likeness (QED) is 0.890. The van der Waals surface area contributed by atoms with Crippen molar-refractivity contribution in [3.8, 4) is 0 Å². The summed E-state index contributed by atoms with van der Waals surface area (Å²) in [5, 5.41) is 3.24. The standard InChI is InChI=1S/C18H24N2/c1-14-9-10-18(15(2)11-14)20(4)13-17-8-6-5-7-16(17)12-19-3/h5-11,19H,12-13H2,1-4H3. The van der Waals surface area contributed by atoms with E-state index in [1.807, 2.05) is 7.05 Å². The molecule has 2 aromatic rings. The summed E-state index contributed by atoms with van der Waals surface area (Å²) < 4.78 is 0. The van der Waals surface area contributed by atoms with Gasteiger partial charge in [-0.05, 0) is 43.7 Å². The maximum absolute atomic E-state index is 3.24. The molecule has 0 saturated heterocycles. The Kier molecular flexibility index (Phi) is 4.80. The molecule has 0 aromatic heterocycles. The molecule has 1 N–H and O–H groups in total. The van der Waals surface area contributed by atoms with Gasteiger partial charge in [0.2, 0.25) is 0 Å². The molecule has 2 heteroatoms. The van der Waals surface area contributed by atoms with Gasteiger partial charge in [0.1, 0.15) is 0 Å². The third kappa shape index (κ3) is 3.40. The lowest BCUT2D eigenvalue weighted by Gasteiger charge is -2.23. The molecule has 0 aliphatic heterocycles. The number of nitrogens with one attached hydrogen (secondary N) is 1. The largest absolute Gasteiger partial charge is 0.370 e. The molecular formula is C18H24N2. The van der Waals surface area contributed by atoms with Crippen LogP contribution in [0.1, 0.15) is 22.3 Å². The van der Waals surface area contributed by atoms with E-state index in [-0.39, 0.29) is 0 Å². The smallest absolute Gasteiger partial charge is 0.0429 e. The Morgan fingerprint density at radius 3 is 2.35 bits per heavy atom. The summed E-state index contributed by atoms with van der Waals surface area (Å²) in [6.07, 6.45) is 0. The lowest BCUT2D eigenvalue weighted by atomic mass is 10.1. The van der Waals surface area contributed by atoms with Gasteiger partial charge in [0.05, 0.1) is 0 Å². The number of rotatable bonds is 5. The van der Waals surface area contributed by atoms with Crippen molar-refractivity contribution in [1.82, 2.24) is 5.32 Å². The van der Waals surface area contributed by atoms with E-state index in [0.717, 1.165) is 13.1 Å². The highest BCUT2D eigenvalue weighted by molar-refractivity contribution is 5.54. The summed E-state index contributed by atoms with van der Waals surface area (Å²) in [5.41, 5.74) is 6.69. The van der Waals surface area contributed by atoms with Crippen LogP contribution in [0, 0.1) is 13.8 Å². The SMILES string of the molecule is CNCc1ccccc1CN(C)c1ccc(C)cc1C. The number of hydrogen-bond donors (Lipinski definition) is 1. The van der Waals surface area contributed by atoms with Gasteiger partial charge in [-0.2, -0.15) is 0 Å². The van der Waals surface area contributed by atoms with E-state index in [9.17, 15) is 0 Å². The van der Waals surface area contributed by atoms with Crippen LogP contribution in [0.15, 0.2) is 42.5 Å². The molecule has 2 nitrogen and oxygen atoms in total. The molecule has 106 valence electrons. The molecule has 20 heavy (non-hydrogen) atoms. The third-order valence-corrected chi connectivity index (χ3v) is 3.66. The third-order valence-electron chi connectivity index (χ3n) is 3.66. The Balaban J connectivity index is 2.21. The van der Waals surface area contributed by atoms with Gasteiger partial charge in [0.25, 0.3) is 0 Å². The minimum atomic E-state index is 0.914. The summed E-state index contributed by atoms with van der Waals surface area (Å²) in [6.45, 7) is 6.16. The first-order valence-electron chi connectivity index (χ1n) is 7.11. The molecule has 0 amide bonds. The minimum absolute atomic E-state index is 0.914. The van der Waals surface area contributed by atoms with E-state index < -0.39 is 0 Å².